The van der Waals surface area contributed by atoms with Gasteiger partial charge in [0.25, 0.3) is 0 Å². The number of likely N-dealkylation sites (tertiary alicyclic amines) is 1. The molecule has 0 amide bonds. The molecular weight excluding hydrogens is 286 g/mol. The molecule has 2 atom stereocenters. The van der Waals surface area contributed by atoms with Gasteiger partial charge in [0.15, 0.2) is 0 Å². The summed E-state index contributed by atoms with van der Waals surface area (Å²) in [6, 6.07) is 11.3. The highest BCUT2D eigenvalue weighted by molar-refractivity contribution is 5.15. The summed E-state index contributed by atoms with van der Waals surface area (Å²) >= 11 is 0. The van der Waals surface area contributed by atoms with Crippen molar-refractivity contribution >= 4 is 0 Å². The monoisotopic (exact) mass is 313 g/mol. The Balaban J connectivity index is 1.62. The zero-order valence-electron chi connectivity index (χ0n) is 14.5. The number of nitrogens with zero attached hydrogens (tertiary/aromatic N) is 2. The van der Waals surface area contributed by atoms with E-state index >= 15 is 0 Å². The Morgan fingerprint density at radius 2 is 2.09 bits per heavy atom. The van der Waals surface area contributed by atoms with Gasteiger partial charge in [-0.1, -0.05) is 30.3 Å². The lowest BCUT2D eigenvalue weighted by atomic mass is 9.99. The molecule has 1 aromatic heterocycles. The standard InChI is InChI=1S/C19H27N3O/c1-14-11-20-18(23-14)15(2)21-17-10-19(3,4)22(13-17)12-16-8-6-5-7-9-16/h5-9,11,15,17,21H,10,12-13H2,1-4H3/t15-,17-/m1/s1. The van der Waals surface area contributed by atoms with E-state index in [0.717, 1.165) is 31.2 Å². The van der Waals surface area contributed by atoms with Gasteiger partial charge >= 0.3 is 0 Å². The number of aryl methyl sites for hydroxylation is 1. The van der Waals surface area contributed by atoms with Gasteiger partial charge in [0, 0.05) is 24.7 Å². The van der Waals surface area contributed by atoms with E-state index in [-0.39, 0.29) is 11.6 Å². The molecule has 4 nitrogen and oxygen atoms in total. The highest BCUT2D eigenvalue weighted by Crippen LogP contribution is 2.31. The molecule has 2 aromatic rings. The van der Waals surface area contributed by atoms with Crippen molar-refractivity contribution in [1.29, 1.82) is 0 Å². The van der Waals surface area contributed by atoms with Gasteiger partial charge in [-0.25, -0.2) is 4.98 Å². The quantitative estimate of drug-likeness (QED) is 0.914. The van der Waals surface area contributed by atoms with E-state index in [1.165, 1.54) is 5.56 Å². The molecule has 2 heterocycles. The van der Waals surface area contributed by atoms with Crippen molar-refractivity contribution in [2.24, 2.45) is 0 Å². The third-order valence-electron chi connectivity index (χ3n) is 4.75. The average Bonchev–Trinajstić information content (AvgIpc) is 3.04. The summed E-state index contributed by atoms with van der Waals surface area (Å²) < 4.78 is 5.64. The van der Waals surface area contributed by atoms with Crippen LogP contribution in [0.15, 0.2) is 40.9 Å². The van der Waals surface area contributed by atoms with Crippen molar-refractivity contribution in [3.63, 3.8) is 0 Å². The van der Waals surface area contributed by atoms with E-state index in [9.17, 15) is 0 Å². The minimum Gasteiger partial charge on any atom is -0.444 e. The zero-order chi connectivity index (χ0) is 16.4. The summed E-state index contributed by atoms with van der Waals surface area (Å²) in [7, 11) is 0. The summed E-state index contributed by atoms with van der Waals surface area (Å²) in [5, 5.41) is 3.68. The molecular formula is C19H27N3O. The molecule has 1 aliphatic rings. The highest BCUT2D eigenvalue weighted by Gasteiger charge is 2.38. The summed E-state index contributed by atoms with van der Waals surface area (Å²) in [4.78, 5) is 6.90. The Morgan fingerprint density at radius 1 is 1.35 bits per heavy atom. The normalized spacial score (nSPS) is 22.3. The van der Waals surface area contributed by atoms with E-state index in [2.05, 4.69) is 66.3 Å². The Morgan fingerprint density at radius 3 is 2.74 bits per heavy atom. The molecule has 0 unspecified atom stereocenters. The summed E-state index contributed by atoms with van der Waals surface area (Å²) in [5.41, 5.74) is 1.57. The van der Waals surface area contributed by atoms with Crippen molar-refractivity contribution in [1.82, 2.24) is 15.2 Å². The van der Waals surface area contributed by atoms with Crippen LogP contribution >= 0.6 is 0 Å². The van der Waals surface area contributed by atoms with Gasteiger partial charge in [-0.05, 0) is 39.7 Å². The lowest BCUT2D eigenvalue weighted by molar-refractivity contribution is 0.166. The van der Waals surface area contributed by atoms with E-state index in [0.29, 0.717) is 6.04 Å². The zero-order valence-corrected chi connectivity index (χ0v) is 14.5. The maximum atomic E-state index is 5.64. The van der Waals surface area contributed by atoms with Gasteiger partial charge in [-0.2, -0.15) is 0 Å². The van der Waals surface area contributed by atoms with Gasteiger partial charge in [0.05, 0.1) is 12.2 Å². The third-order valence-corrected chi connectivity index (χ3v) is 4.75. The number of aromatic nitrogens is 1. The topological polar surface area (TPSA) is 41.3 Å². The second-order valence-electron chi connectivity index (χ2n) is 7.28. The number of oxazole rings is 1. The average molecular weight is 313 g/mol. The second-order valence-corrected chi connectivity index (χ2v) is 7.28. The lowest BCUT2D eigenvalue weighted by Gasteiger charge is -2.31. The van der Waals surface area contributed by atoms with Crippen LogP contribution in [0.2, 0.25) is 0 Å². The van der Waals surface area contributed by atoms with Crippen molar-refractivity contribution < 1.29 is 4.42 Å². The first-order valence-electron chi connectivity index (χ1n) is 8.41. The van der Waals surface area contributed by atoms with Crippen LogP contribution in [0.1, 0.15) is 50.4 Å². The maximum Gasteiger partial charge on any atom is 0.211 e. The van der Waals surface area contributed by atoms with Gasteiger partial charge < -0.3 is 9.73 Å². The maximum absolute atomic E-state index is 5.64. The van der Waals surface area contributed by atoms with Crippen LogP contribution in [0.3, 0.4) is 0 Å². The predicted molar refractivity (Wildman–Crippen MR) is 92.1 cm³/mol. The fourth-order valence-electron chi connectivity index (χ4n) is 3.50. The Hall–Kier alpha value is -1.65. The summed E-state index contributed by atoms with van der Waals surface area (Å²) in [6.07, 6.45) is 2.91. The van der Waals surface area contributed by atoms with Gasteiger partial charge in [-0.15, -0.1) is 0 Å². The van der Waals surface area contributed by atoms with E-state index in [4.69, 9.17) is 4.42 Å². The van der Waals surface area contributed by atoms with Crippen LogP contribution in [0.4, 0.5) is 0 Å². The van der Waals surface area contributed by atoms with Crippen LogP contribution in [0.25, 0.3) is 0 Å². The van der Waals surface area contributed by atoms with Gasteiger partial charge in [0.1, 0.15) is 5.76 Å². The Kier molecular flexibility index (Phi) is 4.55. The first-order chi connectivity index (χ1) is 10.9. The van der Waals surface area contributed by atoms with Crippen molar-refractivity contribution in [3.8, 4) is 0 Å². The Bertz CT molecular complexity index is 635. The molecule has 3 rings (SSSR count). The lowest BCUT2D eigenvalue weighted by Crippen LogP contribution is -2.37. The number of rotatable bonds is 5. The molecule has 0 saturated carbocycles. The van der Waals surface area contributed by atoms with Gasteiger partial charge in [0.2, 0.25) is 5.89 Å². The molecule has 124 valence electrons. The van der Waals surface area contributed by atoms with Crippen LogP contribution < -0.4 is 5.32 Å². The van der Waals surface area contributed by atoms with Crippen molar-refractivity contribution in [2.75, 3.05) is 6.54 Å². The molecule has 1 fully saturated rings. The SMILES string of the molecule is Cc1cnc([C@@H](C)N[C@H]2CN(Cc3ccccc3)C(C)(C)C2)o1. The molecule has 23 heavy (non-hydrogen) atoms. The van der Waals surface area contributed by atoms with Crippen LogP contribution in [0, 0.1) is 6.92 Å². The minimum atomic E-state index is 0.140. The molecule has 4 heteroatoms. The molecule has 1 aliphatic heterocycles. The Labute approximate surface area is 138 Å². The highest BCUT2D eigenvalue weighted by atomic mass is 16.4. The summed E-state index contributed by atoms with van der Waals surface area (Å²) in [5.74, 6) is 1.65. The molecule has 1 saturated heterocycles. The van der Waals surface area contributed by atoms with E-state index < -0.39 is 0 Å². The smallest absolute Gasteiger partial charge is 0.211 e. The van der Waals surface area contributed by atoms with E-state index in [1.807, 2.05) is 6.92 Å². The molecule has 0 spiro atoms. The largest absolute Gasteiger partial charge is 0.444 e. The summed E-state index contributed by atoms with van der Waals surface area (Å²) in [6.45, 7) is 10.8. The first-order valence-corrected chi connectivity index (χ1v) is 8.41. The number of hydrogen-bond acceptors (Lipinski definition) is 4. The fourth-order valence-corrected chi connectivity index (χ4v) is 3.50. The van der Waals surface area contributed by atoms with Crippen LogP contribution in [0.5, 0.6) is 0 Å². The molecule has 1 N–H and O–H groups in total. The van der Waals surface area contributed by atoms with Crippen LogP contribution in [-0.2, 0) is 6.54 Å². The molecule has 0 aliphatic carbocycles. The van der Waals surface area contributed by atoms with Crippen LogP contribution in [-0.4, -0.2) is 28.0 Å². The fraction of sp³-hybridized carbons (Fsp3) is 0.526. The number of benzene rings is 1. The minimum absolute atomic E-state index is 0.140. The molecule has 1 aromatic carbocycles. The number of hydrogen-bond donors (Lipinski definition) is 1. The van der Waals surface area contributed by atoms with Gasteiger partial charge in [-0.3, -0.25) is 4.90 Å². The third kappa shape index (κ3) is 3.82. The first kappa shape index (κ1) is 16.2. The molecule has 0 radical (unpaired) electrons. The predicted octanol–water partition coefficient (Wildman–Crippen LogP) is 3.69. The van der Waals surface area contributed by atoms with Crippen molar-refractivity contribution in [3.05, 3.63) is 53.7 Å². The number of nitrogens with one attached hydrogen (secondary N) is 1. The van der Waals surface area contributed by atoms with Crippen molar-refractivity contribution in [2.45, 2.75) is 58.3 Å². The molecule has 0 bridgehead atoms. The second kappa shape index (κ2) is 6.46. The van der Waals surface area contributed by atoms with E-state index in [1.54, 1.807) is 6.20 Å².